The zero-order valence-corrected chi connectivity index (χ0v) is 9.96. The second-order valence-corrected chi connectivity index (χ2v) is 4.67. The van der Waals surface area contributed by atoms with E-state index in [1.54, 1.807) is 0 Å². The van der Waals surface area contributed by atoms with Gasteiger partial charge in [-0.1, -0.05) is 6.42 Å². The van der Waals surface area contributed by atoms with Crippen LogP contribution in [0.4, 0.5) is 13.2 Å². The van der Waals surface area contributed by atoms with Crippen LogP contribution < -0.4 is 5.32 Å². The molecular formula is C11H16F3NO3. The van der Waals surface area contributed by atoms with Crippen molar-refractivity contribution in [2.75, 3.05) is 0 Å². The summed E-state index contributed by atoms with van der Waals surface area (Å²) < 4.78 is 37.6. The lowest BCUT2D eigenvalue weighted by Crippen LogP contribution is -2.43. The number of carboxylic acid groups (broad SMARTS) is 1. The molecule has 1 rings (SSSR count). The molecule has 0 bridgehead atoms. The summed E-state index contributed by atoms with van der Waals surface area (Å²) in [5.74, 6) is -4.00. The molecule has 1 fully saturated rings. The van der Waals surface area contributed by atoms with Crippen LogP contribution in [0.1, 0.15) is 32.6 Å². The van der Waals surface area contributed by atoms with E-state index in [1.807, 2.05) is 0 Å². The van der Waals surface area contributed by atoms with Crippen LogP contribution in [-0.2, 0) is 9.59 Å². The number of alkyl halides is 3. The van der Waals surface area contributed by atoms with Gasteiger partial charge in [-0.05, 0) is 26.2 Å². The topological polar surface area (TPSA) is 66.4 Å². The van der Waals surface area contributed by atoms with E-state index in [0.29, 0.717) is 12.8 Å². The van der Waals surface area contributed by atoms with Crippen molar-refractivity contribution in [1.29, 1.82) is 0 Å². The van der Waals surface area contributed by atoms with Crippen LogP contribution in [0.3, 0.4) is 0 Å². The second kappa shape index (κ2) is 5.58. The van der Waals surface area contributed by atoms with Crippen molar-refractivity contribution in [3.05, 3.63) is 0 Å². The fourth-order valence-electron chi connectivity index (χ4n) is 2.12. The van der Waals surface area contributed by atoms with Crippen molar-refractivity contribution in [2.24, 2.45) is 11.8 Å². The van der Waals surface area contributed by atoms with Gasteiger partial charge in [0.05, 0.1) is 5.92 Å². The maximum absolute atomic E-state index is 12.5. The molecule has 0 radical (unpaired) electrons. The summed E-state index contributed by atoms with van der Waals surface area (Å²) in [6.07, 6.45) is -3.77. The Bertz CT molecular complexity index is 330. The van der Waals surface area contributed by atoms with Gasteiger partial charge in [-0.2, -0.15) is 13.2 Å². The molecule has 1 saturated carbocycles. The number of halogens is 3. The minimum Gasteiger partial charge on any atom is -0.480 e. The molecule has 4 nitrogen and oxygen atoms in total. The third kappa shape index (κ3) is 3.89. The Morgan fingerprint density at radius 1 is 1.33 bits per heavy atom. The molecule has 18 heavy (non-hydrogen) atoms. The van der Waals surface area contributed by atoms with Gasteiger partial charge in [0.2, 0.25) is 5.91 Å². The minimum absolute atomic E-state index is 0.0434. The first-order valence-corrected chi connectivity index (χ1v) is 5.81. The monoisotopic (exact) mass is 267 g/mol. The Kier molecular flexibility index (Phi) is 4.59. The zero-order valence-electron chi connectivity index (χ0n) is 9.96. The summed E-state index contributed by atoms with van der Waals surface area (Å²) in [5.41, 5.74) is 0. The van der Waals surface area contributed by atoms with E-state index in [2.05, 4.69) is 5.32 Å². The highest BCUT2D eigenvalue weighted by Gasteiger charge is 2.43. The number of aliphatic carboxylic acids is 1. The number of rotatable bonds is 3. The van der Waals surface area contributed by atoms with Crippen LogP contribution >= 0.6 is 0 Å². The summed E-state index contributed by atoms with van der Waals surface area (Å²) in [5, 5.41) is 10.8. The molecule has 1 amide bonds. The van der Waals surface area contributed by atoms with Gasteiger partial charge in [-0.15, -0.1) is 0 Å². The van der Waals surface area contributed by atoms with Gasteiger partial charge in [0.1, 0.15) is 6.04 Å². The Balaban J connectivity index is 2.56. The molecule has 0 aromatic heterocycles. The summed E-state index contributed by atoms with van der Waals surface area (Å²) in [6, 6.07) is -1.08. The average Bonchev–Trinajstić information content (AvgIpc) is 2.27. The van der Waals surface area contributed by atoms with Crippen LogP contribution in [0.15, 0.2) is 0 Å². The van der Waals surface area contributed by atoms with E-state index in [-0.39, 0.29) is 12.8 Å². The first-order chi connectivity index (χ1) is 8.21. The third-order valence-corrected chi connectivity index (χ3v) is 3.24. The number of carbonyl (C=O) groups is 2. The van der Waals surface area contributed by atoms with E-state index in [1.165, 1.54) is 6.92 Å². The summed E-state index contributed by atoms with van der Waals surface area (Å²) in [7, 11) is 0. The summed E-state index contributed by atoms with van der Waals surface area (Å²) in [6.45, 7) is 1.28. The highest BCUT2D eigenvalue weighted by Crippen LogP contribution is 2.39. The lowest BCUT2D eigenvalue weighted by molar-refractivity contribution is -0.186. The maximum Gasteiger partial charge on any atom is 0.391 e. The third-order valence-electron chi connectivity index (χ3n) is 3.24. The van der Waals surface area contributed by atoms with E-state index >= 15 is 0 Å². The molecule has 0 spiro atoms. The molecule has 1 aliphatic rings. The molecule has 0 aromatic carbocycles. The number of nitrogens with one attached hydrogen (secondary N) is 1. The highest BCUT2D eigenvalue weighted by molar-refractivity contribution is 5.84. The van der Waals surface area contributed by atoms with E-state index in [4.69, 9.17) is 5.11 Å². The van der Waals surface area contributed by atoms with Crippen molar-refractivity contribution < 1.29 is 27.9 Å². The molecular weight excluding hydrogens is 251 g/mol. The highest BCUT2D eigenvalue weighted by atomic mass is 19.4. The molecule has 0 saturated heterocycles. The molecule has 1 aliphatic carbocycles. The molecule has 0 aliphatic heterocycles. The molecule has 2 N–H and O–H groups in total. The van der Waals surface area contributed by atoms with Crippen LogP contribution in [0.2, 0.25) is 0 Å². The lowest BCUT2D eigenvalue weighted by atomic mass is 9.80. The van der Waals surface area contributed by atoms with Crippen LogP contribution in [0, 0.1) is 11.8 Å². The van der Waals surface area contributed by atoms with Crippen LogP contribution in [0.25, 0.3) is 0 Å². The second-order valence-electron chi connectivity index (χ2n) is 4.67. The van der Waals surface area contributed by atoms with Gasteiger partial charge in [0, 0.05) is 5.92 Å². The number of carbonyl (C=O) groups excluding carboxylic acids is 1. The zero-order chi connectivity index (χ0) is 13.9. The van der Waals surface area contributed by atoms with Gasteiger partial charge in [-0.25, -0.2) is 0 Å². The fourth-order valence-corrected chi connectivity index (χ4v) is 2.12. The number of hydrogen-bond donors (Lipinski definition) is 2. The number of amides is 1. The van der Waals surface area contributed by atoms with Crippen LogP contribution in [-0.4, -0.2) is 29.2 Å². The number of carboxylic acids is 1. The smallest absolute Gasteiger partial charge is 0.391 e. The first kappa shape index (κ1) is 14.8. The summed E-state index contributed by atoms with van der Waals surface area (Å²) in [4.78, 5) is 22.2. The Morgan fingerprint density at radius 3 is 2.44 bits per heavy atom. The van der Waals surface area contributed by atoms with Gasteiger partial charge in [0.15, 0.2) is 0 Å². The van der Waals surface area contributed by atoms with Gasteiger partial charge in [0.25, 0.3) is 0 Å². The predicted molar refractivity (Wildman–Crippen MR) is 56.7 cm³/mol. The largest absolute Gasteiger partial charge is 0.480 e. The van der Waals surface area contributed by atoms with Gasteiger partial charge < -0.3 is 10.4 Å². The molecule has 0 heterocycles. The van der Waals surface area contributed by atoms with E-state index < -0.39 is 35.9 Å². The molecule has 7 heteroatoms. The van der Waals surface area contributed by atoms with Crippen molar-refractivity contribution >= 4 is 11.9 Å². The quantitative estimate of drug-likeness (QED) is 0.821. The van der Waals surface area contributed by atoms with Crippen molar-refractivity contribution in [3.8, 4) is 0 Å². The van der Waals surface area contributed by atoms with E-state index in [9.17, 15) is 22.8 Å². The summed E-state index contributed by atoms with van der Waals surface area (Å²) >= 11 is 0. The van der Waals surface area contributed by atoms with Gasteiger partial charge >= 0.3 is 12.1 Å². The van der Waals surface area contributed by atoms with E-state index in [0.717, 1.165) is 0 Å². The Morgan fingerprint density at radius 2 is 1.94 bits per heavy atom. The SMILES string of the molecule is C[C@H](NC(=O)C1CCCC(C(F)(F)F)C1)C(=O)O. The Labute approximate surface area is 103 Å². The maximum atomic E-state index is 12.5. The van der Waals surface area contributed by atoms with Crippen LogP contribution in [0.5, 0.6) is 0 Å². The fraction of sp³-hybridized carbons (Fsp3) is 0.818. The predicted octanol–water partition coefficient (Wildman–Crippen LogP) is 1.94. The standard InChI is InChI=1S/C11H16F3NO3/c1-6(10(17)18)15-9(16)7-3-2-4-8(5-7)11(12,13)14/h6-8H,2-5H2,1H3,(H,15,16)(H,17,18)/t6-,7?,8?/m0/s1. The van der Waals surface area contributed by atoms with Crippen molar-refractivity contribution in [2.45, 2.75) is 44.8 Å². The molecule has 104 valence electrons. The number of hydrogen-bond acceptors (Lipinski definition) is 2. The lowest BCUT2D eigenvalue weighted by Gasteiger charge is -2.30. The minimum atomic E-state index is -4.28. The van der Waals surface area contributed by atoms with Crippen molar-refractivity contribution in [1.82, 2.24) is 5.32 Å². The Hall–Kier alpha value is -1.27. The normalized spacial score (nSPS) is 26.4. The van der Waals surface area contributed by atoms with Gasteiger partial charge in [-0.3, -0.25) is 9.59 Å². The molecule has 3 atom stereocenters. The molecule has 0 aromatic rings. The molecule has 2 unspecified atom stereocenters. The average molecular weight is 267 g/mol. The van der Waals surface area contributed by atoms with Crippen molar-refractivity contribution in [3.63, 3.8) is 0 Å². The first-order valence-electron chi connectivity index (χ1n) is 5.81.